The average molecular weight is 261 g/mol. The molecule has 1 saturated heterocycles. The summed E-state index contributed by atoms with van der Waals surface area (Å²) in [6, 6.07) is 0. The van der Waals surface area contributed by atoms with Crippen molar-refractivity contribution in [3.63, 3.8) is 0 Å². The highest BCUT2D eigenvalue weighted by atomic mass is 31.2. The van der Waals surface area contributed by atoms with Gasteiger partial charge in [-0.1, -0.05) is 12.8 Å². The van der Waals surface area contributed by atoms with Crippen LogP contribution in [0, 0.1) is 5.41 Å². The van der Waals surface area contributed by atoms with Gasteiger partial charge in [-0.3, -0.25) is 4.57 Å². The van der Waals surface area contributed by atoms with Crippen LogP contribution in [0.4, 0.5) is 0 Å². The molecule has 1 saturated carbocycles. The Hall–Kier alpha value is 0.110. The molecule has 2 rings (SSSR count). The lowest BCUT2D eigenvalue weighted by molar-refractivity contribution is 0.192. The summed E-state index contributed by atoms with van der Waals surface area (Å²) in [7, 11) is -2.94. The van der Waals surface area contributed by atoms with Gasteiger partial charge in [0.05, 0.1) is 18.9 Å². The Kier molecular flexibility index (Phi) is 4.30. The van der Waals surface area contributed by atoms with Crippen LogP contribution < -0.4 is 5.32 Å². The maximum Gasteiger partial charge on any atom is 0.335 e. The molecule has 1 N–H and O–H groups in total. The highest BCUT2D eigenvalue weighted by Gasteiger charge is 2.54. The van der Waals surface area contributed by atoms with Gasteiger partial charge in [-0.2, -0.15) is 0 Å². The molecule has 1 spiro atoms. The van der Waals surface area contributed by atoms with Gasteiger partial charge in [0.1, 0.15) is 0 Å². The van der Waals surface area contributed by atoms with Gasteiger partial charge < -0.3 is 14.4 Å². The van der Waals surface area contributed by atoms with Crippen LogP contribution in [-0.4, -0.2) is 32.0 Å². The SMILES string of the molecule is CCOP(=O)(OCC)C1CNCC12CCCC2. The zero-order chi connectivity index (χ0) is 12.4. The summed E-state index contributed by atoms with van der Waals surface area (Å²) in [5, 5.41) is 3.40. The van der Waals surface area contributed by atoms with E-state index in [0.717, 1.165) is 25.9 Å². The molecule has 0 bridgehead atoms. The monoisotopic (exact) mass is 261 g/mol. The standard InChI is InChI=1S/C12H24NO3P/c1-3-15-17(14,16-4-2)11-9-13-10-12(11)7-5-6-8-12/h11,13H,3-10H2,1-2H3. The Morgan fingerprint density at radius 1 is 1.24 bits per heavy atom. The lowest BCUT2D eigenvalue weighted by Crippen LogP contribution is -2.32. The van der Waals surface area contributed by atoms with E-state index < -0.39 is 7.60 Å². The lowest BCUT2D eigenvalue weighted by atomic mass is 9.85. The highest BCUT2D eigenvalue weighted by Crippen LogP contribution is 2.63. The van der Waals surface area contributed by atoms with Crippen LogP contribution in [0.15, 0.2) is 0 Å². The van der Waals surface area contributed by atoms with Crippen LogP contribution in [-0.2, 0) is 13.6 Å². The first-order valence-corrected chi connectivity index (χ1v) is 8.37. The van der Waals surface area contributed by atoms with Crippen molar-refractivity contribution in [1.29, 1.82) is 0 Å². The molecule has 4 nitrogen and oxygen atoms in total. The van der Waals surface area contributed by atoms with Gasteiger partial charge >= 0.3 is 7.60 Å². The predicted molar refractivity (Wildman–Crippen MR) is 68.4 cm³/mol. The first-order chi connectivity index (χ1) is 8.17. The summed E-state index contributed by atoms with van der Waals surface area (Å²) in [6.07, 6.45) is 4.82. The molecule has 0 amide bonds. The summed E-state index contributed by atoms with van der Waals surface area (Å²) in [5.74, 6) is 0. The second kappa shape index (κ2) is 5.40. The number of hydrogen-bond donors (Lipinski definition) is 1. The van der Waals surface area contributed by atoms with Crippen LogP contribution in [0.25, 0.3) is 0 Å². The molecule has 1 aliphatic carbocycles. The Bertz CT molecular complexity index is 287. The molecule has 1 heterocycles. The molecular formula is C12H24NO3P. The van der Waals surface area contributed by atoms with Gasteiger partial charge in [-0.15, -0.1) is 0 Å². The maximum absolute atomic E-state index is 12.9. The Labute approximate surface area is 104 Å². The fraction of sp³-hybridized carbons (Fsp3) is 1.00. The van der Waals surface area contributed by atoms with Crippen molar-refractivity contribution in [2.75, 3.05) is 26.3 Å². The number of rotatable bonds is 5. The molecule has 1 unspecified atom stereocenters. The van der Waals surface area contributed by atoms with Crippen molar-refractivity contribution < 1.29 is 13.6 Å². The van der Waals surface area contributed by atoms with E-state index in [1.54, 1.807) is 0 Å². The second-order valence-corrected chi connectivity index (χ2v) is 7.31. The minimum Gasteiger partial charge on any atom is -0.315 e. The van der Waals surface area contributed by atoms with Crippen LogP contribution in [0.5, 0.6) is 0 Å². The molecule has 100 valence electrons. The third-order valence-electron chi connectivity index (χ3n) is 4.12. The van der Waals surface area contributed by atoms with Gasteiger partial charge in [0.2, 0.25) is 0 Å². The molecule has 2 aliphatic rings. The summed E-state index contributed by atoms with van der Waals surface area (Å²) in [6.45, 7) is 6.44. The van der Waals surface area contributed by atoms with Gasteiger partial charge in [0.25, 0.3) is 0 Å². The van der Waals surface area contributed by atoms with Crippen molar-refractivity contribution in [2.45, 2.75) is 45.2 Å². The molecule has 2 fully saturated rings. The van der Waals surface area contributed by atoms with E-state index in [-0.39, 0.29) is 11.1 Å². The molecule has 0 aromatic rings. The first kappa shape index (κ1) is 13.5. The molecule has 1 aliphatic heterocycles. The van der Waals surface area contributed by atoms with E-state index in [9.17, 15) is 4.57 Å². The maximum atomic E-state index is 12.9. The summed E-state index contributed by atoms with van der Waals surface area (Å²) < 4.78 is 24.0. The van der Waals surface area contributed by atoms with E-state index in [4.69, 9.17) is 9.05 Å². The van der Waals surface area contributed by atoms with Crippen LogP contribution in [0.1, 0.15) is 39.5 Å². The summed E-state index contributed by atoms with van der Waals surface area (Å²) in [5.41, 5.74) is 0.220. The zero-order valence-electron chi connectivity index (χ0n) is 10.9. The Balaban J connectivity index is 2.20. The molecule has 0 aromatic heterocycles. The lowest BCUT2D eigenvalue weighted by Gasteiger charge is -2.34. The highest BCUT2D eigenvalue weighted by molar-refractivity contribution is 7.54. The van der Waals surface area contributed by atoms with E-state index in [1.807, 2.05) is 13.8 Å². The van der Waals surface area contributed by atoms with E-state index in [0.29, 0.717) is 13.2 Å². The van der Waals surface area contributed by atoms with Crippen LogP contribution >= 0.6 is 7.60 Å². The van der Waals surface area contributed by atoms with Crippen molar-refractivity contribution in [1.82, 2.24) is 5.32 Å². The fourth-order valence-electron chi connectivity index (χ4n) is 3.41. The summed E-state index contributed by atoms with van der Waals surface area (Å²) >= 11 is 0. The van der Waals surface area contributed by atoms with Crippen molar-refractivity contribution in [3.8, 4) is 0 Å². The second-order valence-electron chi connectivity index (χ2n) is 5.09. The third kappa shape index (κ3) is 2.46. The summed E-state index contributed by atoms with van der Waals surface area (Å²) in [4.78, 5) is 0. The minimum absolute atomic E-state index is 0.0531. The van der Waals surface area contributed by atoms with Gasteiger partial charge in [0.15, 0.2) is 0 Å². The average Bonchev–Trinajstić information content (AvgIpc) is 2.91. The molecule has 17 heavy (non-hydrogen) atoms. The minimum atomic E-state index is -2.94. The molecule has 5 heteroatoms. The predicted octanol–water partition coefficient (Wildman–Crippen LogP) is 2.78. The zero-order valence-corrected chi connectivity index (χ0v) is 11.8. The van der Waals surface area contributed by atoms with E-state index in [2.05, 4.69) is 5.32 Å². The quantitative estimate of drug-likeness (QED) is 0.773. The van der Waals surface area contributed by atoms with Gasteiger partial charge in [-0.25, -0.2) is 0 Å². The smallest absolute Gasteiger partial charge is 0.315 e. The first-order valence-electron chi connectivity index (χ1n) is 6.76. The molecular weight excluding hydrogens is 237 g/mol. The number of hydrogen-bond acceptors (Lipinski definition) is 4. The topological polar surface area (TPSA) is 47.6 Å². The number of nitrogens with one attached hydrogen (secondary N) is 1. The van der Waals surface area contributed by atoms with Crippen LogP contribution in [0.3, 0.4) is 0 Å². The van der Waals surface area contributed by atoms with E-state index >= 15 is 0 Å². The molecule has 0 aromatic carbocycles. The van der Waals surface area contributed by atoms with Crippen LogP contribution in [0.2, 0.25) is 0 Å². The normalized spacial score (nSPS) is 28.0. The molecule has 0 radical (unpaired) electrons. The van der Waals surface area contributed by atoms with Crippen molar-refractivity contribution in [3.05, 3.63) is 0 Å². The molecule has 1 atom stereocenters. The van der Waals surface area contributed by atoms with Crippen molar-refractivity contribution >= 4 is 7.60 Å². The van der Waals surface area contributed by atoms with Gasteiger partial charge in [-0.05, 0) is 32.1 Å². The largest absolute Gasteiger partial charge is 0.335 e. The fourth-order valence-corrected chi connectivity index (χ4v) is 5.93. The Morgan fingerprint density at radius 2 is 1.82 bits per heavy atom. The van der Waals surface area contributed by atoms with E-state index in [1.165, 1.54) is 12.8 Å². The van der Waals surface area contributed by atoms with Crippen molar-refractivity contribution in [2.24, 2.45) is 5.41 Å². The van der Waals surface area contributed by atoms with Gasteiger partial charge in [0, 0.05) is 13.1 Å². The Morgan fingerprint density at radius 3 is 2.35 bits per heavy atom. The third-order valence-corrected chi connectivity index (χ3v) is 6.85.